The van der Waals surface area contributed by atoms with Crippen LogP contribution in [0.1, 0.15) is 20.8 Å². The highest BCUT2D eigenvalue weighted by Gasteiger charge is 2.10. The standard InChI is InChI=1S/C9H21O6P/c1-7(10)4-13-8(2)5-14-9(3)6-15-16(11)12/h7-12H,4-6H2,1-3H3. The van der Waals surface area contributed by atoms with Gasteiger partial charge >= 0.3 is 8.60 Å². The fourth-order valence-electron chi connectivity index (χ4n) is 0.871. The minimum atomic E-state index is -2.32. The van der Waals surface area contributed by atoms with Crippen molar-refractivity contribution in [3.63, 3.8) is 0 Å². The van der Waals surface area contributed by atoms with E-state index in [4.69, 9.17) is 24.4 Å². The summed E-state index contributed by atoms with van der Waals surface area (Å²) in [6.07, 6.45) is -0.848. The first kappa shape index (κ1) is 16.2. The maximum absolute atomic E-state index is 8.98. The normalized spacial score (nSPS) is 17.4. The van der Waals surface area contributed by atoms with Gasteiger partial charge in [0.1, 0.15) is 0 Å². The second-order valence-electron chi connectivity index (χ2n) is 3.69. The Balaban J connectivity index is 3.47. The molecule has 0 bridgehead atoms. The van der Waals surface area contributed by atoms with Crippen LogP contribution in [0.3, 0.4) is 0 Å². The lowest BCUT2D eigenvalue weighted by Gasteiger charge is -2.18. The largest absolute Gasteiger partial charge is 0.391 e. The molecule has 0 aliphatic rings. The summed E-state index contributed by atoms with van der Waals surface area (Å²) in [5, 5.41) is 8.98. The molecule has 0 rings (SSSR count). The zero-order valence-electron chi connectivity index (χ0n) is 9.87. The third kappa shape index (κ3) is 10.7. The highest BCUT2D eigenvalue weighted by Crippen LogP contribution is 2.24. The molecule has 0 aromatic rings. The van der Waals surface area contributed by atoms with E-state index >= 15 is 0 Å². The fraction of sp³-hybridized carbons (Fsp3) is 1.00. The first-order chi connectivity index (χ1) is 7.41. The van der Waals surface area contributed by atoms with Gasteiger partial charge in [-0.25, -0.2) is 0 Å². The molecule has 0 heterocycles. The molecule has 0 radical (unpaired) electrons. The second kappa shape index (κ2) is 9.24. The van der Waals surface area contributed by atoms with E-state index in [2.05, 4.69) is 4.52 Å². The molecule has 0 aromatic heterocycles. The molecule has 0 aliphatic heterocycles. The van der Waals surface area contributed by atoms with E-state index in [0.717, 1.165) is 0 Å². The van der Waals surface area contributed by atoms with E-state index in [1.165, 1.54) is 0 Å². The Bertz CT molecular complexity index is 148. The summed E-state index contributed by atoms with van der Waals surface area (Å²) in [5.74, 6) is 0. The molecule has 0 aromatic carbocycles. The monoisotopic (exact) mass is 256 g/mol. The average molecular weight is 256 g/mol. The molecule has 0 fully saturated rings. The topological polar surface area (TPSA) is 88.4 Å². The zero-order chi connectivity index (χ0) is 12.6. The van der Waals surface area contributed by atoms with Crippen LogP contribution in [-0.4, -0.2) is 53.0 Å². The predicted molar refractivity (Wildman–Crippen MR) is 59.8 cm³/mol. The smallest absolute Gasteiger partial charge is 0.327 e. The van der Waals surface area contributed by atoms with Gasteiger partial charge in [-0.15, -0.1) is 0 Å². The van der Waals surface area contributed by atoms with Crippen molar-refractivity contribution >= 4 is 8.60 Å². The van der Waals surface area contributed by atoms with Gasteiger partial charge in [0.2, 0.25) is 0 Å². The molecule has 0 spiro atoms. The van der Waals surface area contributed by atoms with Crippen LogP contribution in [-0.2, 0) is 14.0 Å². The molecule has 0 saturated heterocycles. The molecule has 0 saturated carbocycles. The molecule has 0 aliphatic carbocycles. The van der Waals surface area contributed by atoms with Crippen molar-refractivity contribution in [1.29, 1.82) is 0 Å². The molecular formula is C9H21O6P. The van der Waals surface area contributed by atoms with Gasteiger partial charge in [0, 0.05) is 0 Å². The van der Waals surface area contributed by atoms with Gasteiger partial charge < -0.3 is 28.9 Å². The minimum absolute atomic E-state index is 0.123. The summed E-state index contributed by atoms with van der Waals surface area (Å²) in [6.45, 7) is 6.01. The maximum atomic E-state index is 8.98. The van der Waals surface area contributed by atoms with Gasteiger partial charge in [-0.05, 0) is 20.8 Å². The Morgan fingerprint density at radius 3 is 1.94 bits per heavy atom. The SMILES string of the molecule is CC(O)COC(C)COC(C)COP(O)O. The number of aliphatic hydroxyl groups is 1. The van der Waals surface area contributed by atoms with Crippen LogP contribution in [0.5, 0.6) is 0 Å². The zero-order valence-corrected chi connectivity index (χ0v) is 10.8. The fourth-order valence-corrected chi connectivity index (χ4v) is 1.21. The Morgan fingerprint density at radius 1 is 0.938 bits per heavy atom. The number of ether oxygens (including phenoxy) is 2. The second-order valence-corrected chi connectivity index (χ2v) is 4.45. The van der Waals surface area contributed by atoms with Crippen LogP contribution >= 0.6 is 8.60 Å². The van der Waals surface area contributed by atoms with Gasteiger partial charge in [-0.1, -0.05) is 0 Å². The van der Waals surface area contributed by atoms with Crippen LogP contribution in [0.15, 0.2) is 0 Å². The predicted octanol–water partition coefficient (Wildman–Crippen LogP) is 0.406. The van der Waals surface area contributed by atoms with Gasteiger partial charge in [0.25, 0.3) is 0 Å². The Morgan fingerprint density at radius 2 is 1.44 bits per heavy atom. The van der Waals surface area contributed by atoms with Crippen molar-refractivity contribution in [3.8, 4) is 0 Å². The molecule has 7 heteroatoms. The van der Waals surface area contributed by atoms with Crippen LogP contribution in [0.2, 0.25) is 0 Å². The first-order valence-corrected chi connectivity index (χ1v) is 6.30. The van der Waals surface area contributed by atoms with E-state index in [1.54, 1.807) is 13.8 Å². The summed E-state index contributed by atoms with van der Waals surface area (Å²) in [7, 11) is -2.32. The molecule has 3 atom stereocenters. The summed E-state index contributed by atoms with van der Waals surface area (Å²) in [6, 6.07) is 0. The van der Waals surface area contributed by atoms with Crippen LogP contribution in [0.4, 0.5) is 0 Å². The first-order valence-electron chi connectivity index (χ1n) is 5.13. The summed E-state index contributed by atoms with van der Waals surface area (Å²) < 4.78 is 15.2. The van der Waals surface area contributed by atoms with Crippen molar-refractivity contribution in [2.75, 3.05) is 19.8 Å². The molecular weight excluding hydrogens is 235 g/mol. The Hall–Kier alpha value is 0.190. The maximum Gasteiger partial charge on any atom is 0.327 e. The van der Waals surface area contributed by atoms with E-state index in [0.29, 0.717) is 6.61 Å². The quantitative estimate of drug-likeness (QED) is 0.518. The van der Waals surface area contributed by atoms with Crippen molar-refractivity contribution in [1.82, 2.24) is 0 Å². The molecule has 6 nitrogen and oxygen atoms in total. The summed E-state index contributed by atoms with van der Waals surface area (Å²) in [4.78, 5) is 17.0. The van der Waals surface area contributed by atoms with E-state index in [-0.39, 0.29) is 25.4 Å². The van der Waals surface area contributed by atoms with Crippen LogP contribution in [0, 0.1) is 0 Å². The van der Waals surface area contributed by atoms with E-state index < -0.39 is 14.7 Å². The minimum Gasteiger partial charge on any atom is -0.391 e. The van der Waals surface area contributed by atoms with E-state index in [1.807, 2.05) is 6.92 Å². The van der Waals surface area contributed by atoms with Gasteiger partial charge in [-0.2, -0.15) is 0 Å². The summed E-state index contributed by atoms with van der Waals surface area (Å²) >= 11 is 0. The number of hydrogen-bond donors (Lipinski definition) is 3. The third-order valence-corrected chi connectivity index (χ3v) is 2.04. The Kier molecular flexibility index (Phi) is 9.35. The Labute approximate surface area is 97.1 Å². The number of aliphatic hydroxyl groups excluding tert-OH is 1. The lowest BCUT2D eigenvalue weighted by atomic mass is 10.4. The number of hydrogen-bond acceptors (Lipinski definition) is 6. The van der Waals surface area contributed by atoms with E-state index in [9.17, 15) is 0 Å². The van der Waals surface area contributed by atoms with Gasteiger partial charge in [0.05, 0.1) is 38.1 Å². The highest BCUT2D eigenvalue weighted by atomic mass is 31.2. The lowest BCUT2D eigenvalue weighted by Crippen LogP contribution is -2.25. The molecule has 3 N–H and O–H groups in total. The number of rotatable bonds is 9. The van der Waals surface area contributed by atoms with Crippen LogP contribution < -0.4 is 0 Å². The van der Waals surface area contributed by atoms with Crippen molar-refractivity contribution in [3.05, 3.63) is 0 Å². The molecule has 3 unspecified atom stereocenters. The van der Waals surface area contributed by atoms with Crippen molar-refractivity contribution in [2.24, 2.45) is 0 Å². The summed E-state index contributed by atoms with van der Waals surface area (Å²) in [5.41, 5.74) is 0. The van der Waals surface area contributed by atoms with Crippen molar-refractivity contribution in [2.45, 2.75) is 39.1 Å². The molecule has 0 amide bonds. The molecule has 98 valence electrons. The van der Waals surface area contributed by atoms with Crippen molar-refractivity contribution < 1.29 is 28.9 Å². The van der Waals surface area contributed by atoms with Gasteiger partial charge in [0.15, 0.2) is 0 Å². The third-order valence-electron chi connectivity index (χ3n) is 1.66. The lowest BCUT2D eigenvalue weighted by molar-refractivity contribution is -0.0605. The average Bonchev–Trinajstić information content (AvgIpc) is 2.20. The van der Waals surface area contributed by atoms with Gasteiger partial charge in [-0.3, -0.25) is 0 Å². The molecule has 16 heavy (non-hydrogen) atoms. The highest BCUT2D eigenvalue weighted by molar-refractivity contribution is 7.39. The van der Waals surface area contributed by atoms with Crippen LogP contribution in [0.25, 0.3) is 0 Å².